The fourth-order valence-electron chi connectivity index (χ4n) is 3.27. The van der Waals surface area contributed by atoms with Crippen LogP contribution in [0.5, 0.6) is 5.88 Å². The van der Waals surface area contributed by atoms with Crippen molar-refractivity contribution in [2.24, 2.45) is 10.7 Å². The zero-order chi connectivity index (χ0) is 24.6. The molecule has 0 radical (unpaired) electrons. The molecule has 1 aromatic heterocycles. The maximum absolute atomic E-state index is 14.8. The number of rotatable bonds is 6. The van der Waals surface area contributed by atoms with Gasteiger partial charge in [-0.15, -0.1) is 0 Å². The lowest BCUT2D eigenvalue weighted by molar-refractivity contribution is 0.119. The van der Waals surface area contributed by atoms with Gasteiger partial charge in [-0.25, -0.2) is 27.2 Å². The van der Waals surface area contributed by atoms with Crippen LogP contribution >= 0.6 is 0 Å². The van der Waals surface area contributed by atoms with Crippen molar-refractivity contribution in [3.05, 3.63) is 53.2 Å². The van der Waals surface area contributed by atoms with E-state index in [1.807, 2.05) is 0 Å². The summed E-state index contributed by atoms with van der Waals surface area (Å²) in [7, 11) is -3.73. The third kappa shape index (κ3) is 5.03. The molecule has 2 aromatic rings. The number of amidine groups is 1. The molecule has 2 heterocycles. The Labute approximate surface area is 191 Å². The zero-order valence-corrected chi connectivity index (χ0v) is 19.5. The molecule has 11 heteroatoms. The molecule has 1 aliphatic rings. The Hall–Kier alpha value is -2.92. The van der Waals surface area contributed by atoms with E-state index < -0.39 is 43.6 Å². The first-order valence-corrected chi connectivity index (χ1v) is 11.8. The largest absolute Gasteiger partial charge is 0.474 e. The van der Waals surface area contributed by atoms with Gasteiger partial charge in [-0.3, -0.25) is 4.99 Å². The first kappa shape index (κ1) is 24.7. The van der Waals surface area contributed by atoms with Gasteiger partial charge in [0.05, 0.1) is 24.3 Å². The van der Waals surface area contributed by atoms with Crippen molar-refractivity contribution in [2.75, 3.05) is 12.4 Å². The summed E-state index contributed by atoms with van der Waals surface area (Å²) in [4.78, 5) is 12.2. The van der Waals surface area contributed by atoms with E-state index in [4.69, 9.17) is 10.5 Å². The highest BCUT2D eigenvalue weighted by Crippen LogP contribution is 2.38. The summed E-state index contributed by atoms with van der Waals surface area (Å²) in [6, 6.07) is 3.81. The normalized spacial score (nSPS) is 23.0. The van der Waals surface area contributed by atoms with Crippen LogP contribution in [0.2, 0.25) is 0 Å². The number of nitrogens with zero attached hydrogens (tertiary/aromatic N) is 3. The SMILES string of the molecule is CC(O)COc1cnc(/C(F)=C/c2ccc(F)c([C@]3(C)CS(=O)(=O)C(C)(C)C(N)=N3)c2)cn1. The lowest BCUT2D eigenvalue weighted by Crippen LogP contribution is -2.55. The second kappa shape index (κ2) is 8.79. The number of aliphatic imine (C=N–C) groups is 1. The minimum atomic E-state index is -3.73. The van der Waals surface area contributed by atoms with Crippen LogP contribution in [-0.2, 0) is 15.4 Å². The van der Waals surface area contributed by atoms with Crippen LogP contribution in [0.25, 0.3) is 11.9 Å². The van der Waals surface area contributed by atoms with E-state index in [2.05, 4.69) is 15.0 Å². The number of nitrogens with two attached hydrogens (primary N) is 1. The van der Waals surface area contributed by atoms with Crippen LogP contribution in [0, 0.1) is 5.82 Å². The Bertz CT molecular complexity index is 1210. The molecule has 0 saturated heterocycles. The van der Waals surface area contributed by atoms with Crippen molar-refractivity contribution in [2.45, 2.75) is 44.1 Å². The molecular weight excluding hydrogens is 454 g/mol. The Morgan fingerprint density at radius 3 is 2.58 bits per heavy atom. The number of halogens is 2. The highest BCUT2D eigenvalue weighted by atomic mass is 32.2. The Morgan fingerprint density at radius 2 is 2.00 bits per heavy atom. The Morgan fingerprint density at radius 1 is 1.30 bits per heavy atom. The summed E-state index contributed by atoms with van der Waals surface area (Å²) in [5, 5.41) is 9.23. The number of aromatic nitrogens is 2. The van der Waals surface area contributed by atoms with Gasteiger partial charge in [0.15, 0.2) is 15.7 Å². The first-order chi connectivity index (χ1) is 15.2. The van der Waals surface area contributed by atoms with Gasteiger partial charge in [-0.1, -0.05) is 6.07 Å². The molecule has 0 aliphatic carbocycles. The van der Waals surface area contributed by atoms with Crippen molar-refractivity contribution in [1.82, 2.24) is 9.97 Å². The number of benzene rings is 1. The maximum Gasteiger partial charge on any atom is 0.232 e. The highest BCUT2D eigenvalue weighted by molar-refractivity contribution is 7.93. The van der Waals surface area contributed by atoms with Gasteiger partial charge in [0, 0.05) is 5.56 Å². The van der Waals surface area contributed by atoms with Gasteiger partial charge < -0.3 is 15.6 Å². The van der Waals surface area contributed by atoms with Crippen LogP contribution in [0.3, 0.4) is 0 Å². The second-order valence-electron chi connectivity index (χ2n) is 8.67. The second-order valence-corrected chi connectivity index (χ2v) is 11.2. The average molecular weight is 481 g/mol. The molecule has 0 amide bonds. The van der Waals surface area contributed by atoms with E-state index in [-0.39, 0.29) is 35.1 Å². The van der Waals surface area contributed by atoms with Gasteiger partial charge in [0.25, 0.3) is 0 Å². The molecule has 1 unspecified atom stereocenters. The Kier molecular flexibility index (Phi) is 6.58. The van der Waals surface area contributed by atoms with Crippen molar-refractivity contribution >= 4 is 27.6 Å². The van der Waals surface area contributed by atoms with Crippen LogP contribution in [-0.4, -0.2) is 52.5 Å². The number of sulfone groups is 1. The molecule has 3 N–H and O–H groups in total. The van der Waals surface area contributed by atoms with Gasteiger partial charge in [0.2, 0.25) is 5.88 Å². The molecule has 3 rings (SSSR count). The van der Waals surface area contributed by atoms with E-state index in [1.54, 1.807) is 6.92 Å². The number of aliphatic hydroxyl groups is 1. The van der Waals surface area contributed by atoms with Crippen LogP contribution in [0.4, 0.5) is 8.78 Å². The number of hydrogen-bond acceptors (Lipinski definition) is 8. The minimum absolute atomic E-state index is 0.0148. The minimum Gasteiger partial charge on any atom is -0.474 e. The molecule has 0 saturated carbocycles. The standard InChI is InChI=1S/C22H26F2N4O4S/c1-13(29)11-32-19-10-26-18(9-27-19)17(24)8-14-5-6-16(23)15(7-14)22(4)12-33(30,31)21(2,3)20(25)28-22/h5-10,13,29H,11-12H2,1-4H3,(H2,25,28)/b17-8-/t13?,22-/m0/s1. The lowest BCUT2D eigenvalue weighted by atomic mass is 9.91. The molecule has 0 fully saturated rings. The molecule has 0 bridgehead atoms. The quantitative estimate of drug-likeness (QED) is 0.650. The van der Waals surface area contributed by atoms with Crippen molar-refractivity contribution < 1.29 is 27.0 Å². The van der Waals surface area contributed by atoms with Gasteiger partial charge in [-0.05, 0) is 51.5 Å². The predicted octanol–water partition coefficient (Wildman–Crippen LogP) is 2.62. The molecule has 2 atom stereocenters. The fraction of sp³-hybridized carbons (Fsp3) is 0.409. The van der Waals surface area contributed by atoms with Crippen LogP contribution in [0.1, 0.15) is 44.5 Å². The molecule has 8 nitrogen and oxygen atoms in total. The van der Waals surface area contributed by atoms with Crippen molar-refractivity contribution in [3.8, 4) is 5.88 Å². The van der Waals surface area contributed by atoms with Crippen molar-refractivity contribution in [3.63, 3.8) is 0 Å². The third-order valence-corrected chi connectivity index (χ3v) is 8.15. The van der Waals surface area contributed by atoms with E-state index in [0.717, 1.165) is 18.3 Å². The summed E-state index contributed by atoms with van der Waals surface area (Å²) in [5.41, 5.74) is 4.64. The number of aliphatic hydroxyl groups excluding tert-OH is 1. The molecule has 0 spiro atoms. The van der Waals surface area contributed by atoms with Crippen LogP contribution in [0.15, 0.2) is 35.6 Å². The first-order valence-electron chi connectivity index (χ1n) is 10.1. The van der Waals surface area contributed by atoms with Gasteiger partial charge >= 0.3 is 0 Å². The maximum atomic E-state index is 14.8. The summed E-state index contributed by atoms with van der Waals surface area (Å²) in [6.45, 7) is 5.95. The average Bonchev–Trinajstić information content (AvgIpc) is 2.72. The third-order valence-electron chi connectivity index (χ3n) is 5.44. The molecule has 33 heavy (non-hydrogen) atoms. The zero-order valence-electron chi connectivity index (χ0n) is 18.7. The molecule has 178 valence electrons. The topological polar surface area (TPSA) is 128 Å². The van der Waals surface area contributed by atoms with E-state index in [1.165, 1.54) is 39.1 Å². The Balaban J connectivity index is 1.93. The number of hydrogen-bond donors (Lipinski definition) is 2. The predicted molar refractivity (Wildman–Crippen MR) is 121 cm³/mol. The summed E-state index contributed by atoms with van der Waals surface area (Å²) in [6.07, 6.45) is 2.81. The van der Waals surface area contributed by atoms with E-state index >= 15 is 0 Å². The van der Waals surface area contributed by atoms with E-state index in [9.17, 15) is 22.3 Å². The highest BCUT2D eigenvalue weighted by Gasteiger charge is 2.49. The summed E-state index contributed by atoms with van der Waals surface area (Å²) in [5.74, 6) is -1.86. The lowest BCUT2D eigenvalue weighted by Gasteiger charge is -2.38. The smallest absolute Gasteiger partial charge is 0.232 e. The monoisotopic (exact) mass is 480 g/mol. The van der Waals surface area contributed by atoms with Gasteiger partial charge in [0.1, 0.15) is 34.2 Å². The number of ether oxygens (including phenoxy) is 1. The van der Waals surface area contributed by atoms with Crippen molar-refractivity contribution in [1.29, 1.82) is 0 Å². The fourth-order valence-corrected chi connectivity index (χ4v) is 4.95. The van der Waals surface area contributed by atoms with Gasteiger partial charge in [-0.2, -0.15) is 0 Å². The van der Waals surface area contributed by atoms with E-state index in [0.29, 0.717) is 0 Å². The van der Waals surface area contributed by atoms with Crippen LogP contribution < -0.4 is 10.5 Å². The summed E-state index contributed by atoms with van der Waals surface area (Å²) >= 11 is 0. The molecular formula is C22H26F2N4O4S. The molecule has 1 aromatic carbocycles. The molecule has 1 aliphatic heterocycles. The summed E-state index contributed by atoms with van der Waals surface area (Å²) < 4.78 is 58.9.